The number of guanidine groups is 1. The minimum absolute atomic E-state index is 0.203. The SMILES string of the molecule is Cc1ccc(C(C)(O)CN=C(NCCc2ccco2)NCC(C)C)o1. The Labute approximate surface area is 149 Å². The van der Waals surface area contributed by atoms with Gasteiger partial charge in [0, 0.05) is 19.5 Å². The molecule has 0 amide bonds. The van der Waals surface area contributed by atoms with E-state index in [1.165, 1.54) is 0 Å². The van der Waals surface area contributed by atoms with E-state index < -0.39 is 5.60 Å². The molecular formula is C19H29N3O3. The second-order valence-electron chi connectivity index (χ2n) is 6.88. The Morgan fingerprint density at radius 2 is 2.08 bits per heavy atom. The van der Waals surface area contributed by atoms with Crippen LogP contribution in [-0.4, -0.2) is 30.7 Å². The lowest BCUT2D eigenvalue weighted by Gasteiger charge is -2.20. The van der Waals surface area contributed by atoms with Gasteiger partial charge in [0.05, 0.1) is 12.8 Å². The molecule has 0 aliphatic heterocycles. The number of hydrogen-bond donors (Lipinski definition) is 3. The van der Waals surface area contributed by atoms with E-state index in [4.69, 9.17) is 8.83 Å². The molecule has 6 heteroatoms. The van der Waals surface area contributed by atoms with Gasteiger partial charge in [-0.2, -0.15) is 0 Å². The fourth-order valence-electron chi connectivity index (χ4n) is 2.27. The minimum Gasteiger partial charge on any atom is -0.469 e. The van der Waals surface area contributed by atoms with Gasteiger partial charge < -0.3 is 24.6 Å². The van der Waals surface area contributed by atoms with E-state index in [9.17, 15) is 5.11 Å². The van der Waals surface area contributed by atoms with Gasteiger partial charge >= 0.3 is 0 Å². The first-order chi connectivity index (χ1) is 11.9. The number of hydrogen-bond acceptors (Lipinski definition) is 4. The molecule has 1 unspecified atom stereocenters. The minimum atomic E-state index is -1.15. The summed E-state index contributed by atoms with van der Waals surface area (Å²) in [4.78, 5) is 4.53. The monoisotopic (exact) mass is 347 g/mol. The quantitative estimate of drug-likeness (QED) is 0.505. The summed E-state index contributed by atoms with van der Waals surface area (Å²) in [5.74, 6) is 3.38. The second-order valence-corrected chi connectivity index (χ2v) is 6.88. The first-order valence-corrected chi connectivity index (χ1v) is 8.70. The molecule has 0 fully saturated rings. The van der Waals surface area contributed by atoms with Gasteiger partial charge in [0.25, 0.3) is 0 Å². The molecule has 2 aromatic rings. The van der Waals surface area contributed by atoms with Crippen LogP contribution >= 0.6 is 0 Å². The highest BCUT2D eigenvalue weighted by Crippen LogP contribution is 2.23. The van der Waals surface area contributed by atoms with Crippen molar-refractivity contribution in [1.29, 1.82) is 0 Å². The largest absolute Gasteiger partial charge is 0.469 e. The zero-order valence-electron chi connectivity index (χ0n) is 15.5. The highest BCUT2D eigenvalue weighted by molar-refractivity contribution is 5.79. The third-order valence-electron chi connectivity index (χ3n) is 3.74. The average Bonchev–Trinajstić information content (AvgIpc) is 3.21. The molecule has 0 saturated carbocycles. The van der Waals surface area contributed by atoms with E-state index in [2.05, 4.69) is 29.5 Å². The van der Waals surface area contributed by atoms with Crippen LogP contribution in [0.3, 0.4) is 0 Å². The van der Waals surface area contributed by atoms with Crippen LogP contribution in [0.1, 0.15) is 38.1 Å². The highest BCUT2D eigenvalue weighted by Gasteiger charge is 2.26. The molecular weight excluding hydrogens is 318 g/mol. The van der Waals surface area contributed by atoms with Crippen molar-refractivity contribution in [2.24, 2.45) is 10.9 Å². The number of nitrogens with zero attached hydrogens (tertiary/aromatic N) is 1. The standard InChI is InChI=1S/C19H29N3O3/c1-14(2)12-21-18(20-10-9-16-6-5-11-24-16)22-13-19(4,23)17-8-7-15(3)25-17/h5-8,11,14,23H,9-10,12-13H2,1-4H3,(H2,20,21,22). The van der Waals surface area contributed by atoms with Crippen LogP contribution in [0.2, 0.25) is 0 Å². The van der Waals surface area contributed by atoms with E-state index >= 15 is 0 Å². The van der Waals surface area contributed by atoms with Crippen molar-refractivity contribution in [3.63, 3.8) is 0 Å². The van der Waals surface area contributed by atoms with Crippen LogP contribution in [0.15, 0.2) is 44.4 Å². The predicted molar refractivity (Wildman–Crippen MR) is 98.6 cm³/mol. The van der Waals surface area contributed by atoms with Crippen molar-refractivity contribution in [2.75, 3.05) is 19.6 Å². The smallest absolute Gasteiger partial charge is 0.191 e. The summed E-state index contributed by atoms with van der Waals surface area (Å²) in [6, 6.07) is 7.46. The first kappa shape index (κ1) is 19.1. The third-order valence-corrected chi connectivity index (χ3v) is 3.74. The van der Waals surface area contributed by atoms with Gasteiger partial charge in [-0.25, -0.2) is 4.99 Å². The average molecular weight is 347 g/mol. The molecule has 0 aliphatic rings. The van der Waals surface area contributed by atoms with Gasteiger partial charge in [-0.3, -0.25) is 0 Å². The fourth-order valence-corrected chi connectivity index (χ4v) is 2.27. The van der Waals surface area contributed by atoms with Crippen LogP contribution in [-0.2, 0) is 12.0 Å². The van der Waals surface area contributed by atoms with Crippen molar-refractivity contribution < 1.29 is 13.9 Å². The normalized spacial score (nSPS) is 14.6. The van der Waals surface area contributed by atoms with E-state index in [-0.39, 0.29) is 6.54 Å². The van der Waals surface area contributed by atoms with E-state index in [0.29, 0.717) is 24.2 Å². The molecule has 0 bridgehead atoms. The predicted octanol–water partition coefficient (Wildman–Crippen LogP) is 2.82. The van der Waals surface area contributed by atoms with E-state index in [1.54, 1.807) is 19.3 Å². The molecule has 0 spiro atoms. The molecule has 0 aliphatic carbocycles. The van der Waals surface area contributed by atoms with E-state index in [0.717, 1.165) is 24.5 Å². The van der Waals surface area contributed by atoms with Crippen molar-refractivity contribution >= 4 is 5.96 Å². The van der Waals surface area contributed by atoms with Crippen LogP contribution in [0.25, 0.3) is 0 Å². The lowest BCUT2D eigenvalue weighted by Crippen LogP contribution is -2.41. The van der Waals surface area contributed by atoms with Gasteiger partial charge in [0.1, 0.15) is 22.9 Å². The summed E-state index contributed by atoms with van der Waals surface area (Å²) in [5.41, 5.74) is -1.15. The van der Waals surface area contributed by atoms with Gasteiger partial charge in [0.2, 0.25) is 0 Å². The topological polar surface area (TPSA) is 82.9 Å². The van der Waals surface area contributed by atoms with Crippen molar-refractivity contribution in [2.45, 2.75) is 39.7 Å². The number of aliphatic hydroxyl groups is 1. The summed E-state index contributed by atoms with van der Waals surface area (Å²) in [5, 5.41) is 17.2. The van der Waals surface area contributed by atoms with Crippen molar-refractivity contribution in [3.05, 3.63) is 47.8 Å². The van der Waals surface area contributed by atoms with Crippen LogP contribution < -0.4 is 10.6 Å². The summed E-state index contributed by atoms with van der Waals surface area (Å²) in [7, 11) is 0. The zero-order chi connectivity index (χ0) is 18.3. The molecule has 3 N–H and O–H groups in total. The Balaban J connectivity index is 1.96. The molecule has 6 nitrogen and oxygen atoms in total. The molecule has 1 atom stereocenters. The molecule has 2 heterocycles. The summed E-state index contributed by atoms with van der Waals surface area (Å²) >= 11 is 0. The first-order valence-electron chi connectivity index (χ1n) is 8.70. The Morgan fingerprint density at radius 1 is 1.28 bits per heavy atom. The number of aliphatic imine (C=N–C) groups is 1. The molecule has 0 saturated heterocycles. The third kappa shape index (κ3) is 6.31. The Kier molecular flexibility index (Phi) is 6.70. The van der Waals surface area contributed by atoms with Crippen LogP contribution in [0.5, 0.6) is 0 Å². The van der Waals surface area contributed by atoms with Crippen molar-refractivity contribution in [1.82, 2.24) is 10.6 Å². The van der Waals surface area contributed by atoms with Crippen LogP contribution in [0, 0.1) is 12.8 Å². The number of furan rings is 2. The van der Waals surface area contributed by atoms with Gasteiger partial charge in [-0.1, -0.05) is 13.8 Å². The van der Waals surface area contributed by atoms with E-state index in [1.807, 2.05) is 25.1 Å². The summed E-state index contributed by atoms with van der Waals surface area (Å²) in [6.45, 7) is 9.53. The zero-order valence-corrected chi connectivity index (χ0v) is 15.5. The van der Waals surface area contributed by atoms with Gasteiger partial charge in [0.15, 0.2) is 5.96 Å². The van der Waals surface area contributed by atoms with Gasteiger partial charge in [-0.15, -0.1) is 0 Å². The Morgan fingerprint density at radius 3 is 2.68 bits per heavy atom. The maximum Gasteiger partial charge on any atom is 0.191 e. The maximum absolute atomic E-state index is 10.6. The molecule has 2 rings (SSSR count). The number of aryl methyl sites for hydroxylation is 1. The van der Waals surface area contributed by atoms with Crippen LogP contribution in [0.4, 0.5) is 0 Å². The molecule has 0 radical (unpaired) electrons. The fraction of sp³-hybridized carbons (Fsp3) is 0.526. The summed E-state index contributed by atoms with van der Waals surface area (Å²) < 4.78 is 10.9. The molecule has 25 heavy (non-hydrogen) atoms. The lowest BCUT2D eigenvalue weighted by atomic mass is 10.0. The lowest BCUT2D eigenvalue weighted by molar-refractivity contribution is 0.0428. The second kappa shape index (κ2) is 8.76. The number of rotatable bonds is 8. The van der Waals surface area contributed by atoms with Crippen molar-refractivity contribution in [3.8, 4) is 0 Å². The molecule has 2 aromatic heterocycles. The number of nitrogens with one attached hydrogen (secondary N) is 2. The maximum atomic E-state index is 10.6. The Hall–Kier alpha value is -2.21. The Bertz CT molecular complexity index is 657. The van der Waals surface area contributed by atoms with Gasteiger partial charge in [-0.05, 0) is 44.0 Å². The molecule has 0 aromatic carbocycles. The molecule has 138 valence electrons. The summed E-state index contributed by atoms with van der Waals surface area (Å²) in [6.07, 6.45) is 2.44. The highest BCUT2D eigenvalue weighted by atomic mass is 16.4.